The Labute approximate surface area is 117 Å². The molecule has 108 valence electrons. The summed E-state index contributed by atoms with van der Waals surface area (Å²) in [6.07, 6.45) is 4.36. The number of rotatable bonds is 3. The Morgan fingerprint density at radius 3 is 2.45 bits per heavy atom. The van der Waals surface area contributed by atoms with Gasteiger partial charge in [-0.05, 0) is 30.5 Å². The van der Waals surface area contributed by atoms with E-state index in [9.17, 15) is 20.0 Å². The third kappa shape index (κ3) is 3.42. The number of non-ortho nitro benzene ring substituents is 1. The van der Waals surface area contributed by atoms with E-state index >= 15 is 0 Å². The lowest BCUT2D eigenvalue weighted by Gasteiger charge is -2.24. The molecule has 1 saturated carbocycles. The van der Waals surface area contributed by atoms with E-state index in [1.807, 2.05) is 0 Å². The molecule has 1 fully saturated rings. The monoisotopic (exact) mass is 277 g/mol. The van der Waals surface area contributed by atoms with Crippen LogP contribution in [-0.2, 0) is 4.79 Å². The summed E-state index contributed by atoms with van der Waals surface area (Å²) < 4.78 is 0. The molecule has 2 rings (SSSR count). The fraction of sp³-hybridized carbons (Fsp3) is 0.533. The lowest BCUT2D eigenvalue weighted by Crippen LogP contribution is -2.23. The van der Waals surface area contributed by atoms with E-state index in [-0.39, 0.29) is 17.4 Å². The second-order valence-corrected chi connectivity index (χ2v) is 5.32. The first kappa shape index (κ1) is 14.7. The van der Waals surface area contributed by atoms with Crippen LogP contribution in [0.1, 0.15) is 50.2 Å². The number of carbonyl (C=O) groups excluding carboxylic acids is 1. The van der Waals surface area contributed by atoms with Gasteiger partial charge in [0.05, 0.1) is 11.0 Å². The molecule has 0 saturated heterocycles. The second-order valence-electron chi connectivity index (χ2n) is 5.32. The van der Waals surface area contributed by atoms with Crippen LogP contribution >= 0.6 is 0 Å². The molecule has 20 heavy (non-hydrogen) atoms. The summed E-state index contributed by atoms with van der Waals surface area (Å²) in [5.74, 6) is -0.271. The van der Waals surface area contributed by atoms with Gasteiger partial charge in [0.2, 0.25) is 0 Å². The van der Waals surface area contributed by atoms with Gasteiger partial charge in [0.1, 0.15) is 5.78 Å². The van der Waals surface area contributed by atoms with Crippen LogP contribution in [0.25, 0.3) is 0 Å². The minimum absolute atomic E-state index is 0.00931. The fourth-order valence-electron chi connectivity index (χ4n) is 2.72. The van der Waals surface area contributed by atoms with Crippen LogP contribution in [0.5, 0.6) is 0 Å². The zero-order chi connectivity index (χ0) is 14.5. The van der Waals surface area contributed by atoms with Gasteiger partial charge in [-0.2, -0.15) is 0 Å². The summed E-state index contributed by atoms with van der Waals surface area (Å²) >= 11 is 0. The van der Waals surface area contributed by atoms with Crippen molar-refractivity contribution in [3.8, 4) is 0 Å². The zero-order valence-electron chi connectivity index (χ0n) is 11.3. The predicted molar refractivity (Wildman–Crippen MR) is 74.3 cm³/mol. The average molecular weight is 277 g/mol. The molecule has 0 unspecified atom stereocenters. The van der Waals surface area contributed by atoms with E-state index in [1.165, 1.54) is 24.3 Å². The van der Waals surface area contributed by atoms with Crippen molar-refractivity contribution in [3.63, 3.8) is 0 Å². The van der Waals surface area contributed by atoms with Crippen molar-refractivity contribution < 1.29 is 14.8 Å². The molecule has 1 aromatic rings. The van der Waals surface area contributed by atoms with Gasteiger partial charge in [-0.15, -0.1) is 0 Å². The highest BCUT2D eigenvalue weighted by atomic mass is 16.6. The molecular weight excluding hydrogens is 258 g/mol. The predicted octanol–water partition coefficient (Wildman–Crippen LogP) is 3.17. The molecule has 2 atom stereocenters. The highest BCUT2D eigenvalue weighted by Gasteiger charge is 2.28. The average Bonchev–Trinajstić information content (AvgIpc) is 2.43. The van der Waals surface area contributed by atoms with Gasteiger partial charge >= 0.3 is 0 Å². The summed E-state index contributed by atoms with van der Waals surface area (Å²) in [6.45, 7) is 0. The van der Waals surface area contributed by atoms with Gasteiger partial charge in [0, 0.05) is 24.5 Å². The summed E-state index contributed by atoms with van der Waals surface area (Å²) in [5.41, 5.74) is 0.569. The number of Topliss-reactive ketones (excluding diaryl/α,β-unsaturated/α-hetero) is 1. The molecule has 1 N–H and O–H groups in total. The Morgan fingerprint density at radius 2 is 1.80 bits per heavy atom. The van der Waals surface area contributed by atoms with Crippen molar-refractivity contribution in [3.05, 3.63) is 39.9 Å². The highest BCUT2D eigenvalue weighted by Crippen LogP contribution is 2.31. The minimum Gasteiger partial charge on any atom is -0.388 e. The summed E-state index contributed by atoms with van der Waals surface area (Å²) in [7, 11) is 0. The Morgan fingerprint density at radius 1 is 1.15 bits per heavy atom. The van der Waals surface area contributed by atoms with Crippen LogP contribution in [-0.4, -0.2) is 15.8 Å². The second kappa shape index (κ2) is 6.61. The van der Waals surface area contributed by atoms with E-state index in [0.717, 1.165) is 25.7 Å². The minimum atomic E-state index is -0.860. The van der Waals surface area contributed by atoms with Crippen molar-refractivity contribution in [2.75, 3.05) is 0 Å². The highest BCUT2D eigenvalue weighted by molar-refractivity contribution is 5.81. The molecule has 0 radical (unpaired) electrons. The number of nitro groups is 1. The van der Waals surface area contributed by atoms with Crippen molar-refractivity contribution in [1.82, 2.24) is 0 Å². The van der Waals surface area contributed by atoms with E-state index in [2.05, 4.69) is 0 Å². The maximum Gasteiger partial charge on any atom is 0.269 e. The number of aliphatic hydroxyl groups excluding tert-OH is 1. The van der Waals surface area contributed by atoms with Crippen molar-refractivity contribution in [2.24, 2.45) is 5.92 Å². The topological polar surface area (TPSA) is 80.4 Å². The van der Waals surface area contributed by atoms with Crippen molar-refractivity contribution in [1.29, 1.82) is 0 Å². The fourth-order valence-corrected chi connectivity index (χ4v) is 2.72. The van der Waals surface area contributed by atoms with Crippen LogP contribution in [0.3, 0.4) is 0 Å². The molecule has 0 amide bonds. The van der Waals surface area contributed by atoms with E-state index in [4.69, 9.17) is 0 Å². The van der Waals surface area contributed by atoms with E-state index in [0.29, 0.717) is 18.4 Å². The van der Waals surface area contributed by atoms with Crippen LogP contribution in [0.15, 0.2) is 24.3 Å². The van der Waals surface area contributed by atoms with Crippen LogP contribution in [0.4, 0.5) is 5.69 Å². The molecule has 0 aromatic heterocycles. The Kier molecular flexibility index (Phi) is 4.84. The zero-order valence-corrected chi connectivity index (χ0v) is 11.3. The lowest BCUT2D eigenvalue weighted by molar-refractivity contribution is -0.384. The Hall–Kier alpha value is -1.75. The Bertz CT molecular complexity index is 483. The molecular formula is C15H19NO4. The third-order valence-corrected chi connectivity index (χ3v) is 3.93. The van der Waals surface area contributed by atoms with Gasteiger partial charge in [-0.1, -0.05) is 19.3 Å². The summed E-state index contributed by atoms with van der Waals surface area (Å²) in [6, 6.07) is 5.81. The number of hydrogen-bond acceptors (Lipinski definition) is 4. The molecule has 0 aliphatic heterocycles. The first-order chi connectivity index (χ1) is 9.59. The maximum absolute atomic E-state index is 12.1. The molecule has 1 aliphatic rings. The smallest absolute Gasteiger partial charge is 0.269 e. The molecule has 1 aromatic carbocycles. The molecule has 5 nitrogen and oxygen atoms in total. The van der Waals surface area contributed by atoms with Gasteiger partial charge in [-0.25, -0.2) is 0 Å². The number of benzene rings is 1. The third-order valence-electron chi connectivity index (χ3n) is 3.93. The standard InChI is InChI=1S/C15H19NO4/c17-14-6-4-2-1-3-5-13(14)15(18)11-7-9-12(10-8-11)16(19)20/h7-10,13,15,18H,1-6H2/t13-,15-/m1/s1. The first-order valence-electron chi connectivity index (χ1n) is 7.04. The van der Waals surface area contributed by atoms with Crippen LogP contribution < -0.4 is 0 Å². The normalized spacial score (nSPS) is 21.9. The molecule has 1 aliphatic carbocycles. The van der Waals surface area contributed by atoms with Crippen molar-refractivity contribution in [2.45, 2.75) is 44.6 Å². The largest absolute Gasteiger partial charge is 0.388 e. The molecule has 0 spiro atoms. The van der Waals surface area contributed by atoms with Gasteiger partial charge in [0.25, 0.3) is 5.69 Å². The molecule has 5 heteroatoms. The summed E-state index contributed by atoms with van der Waals surface area (Å²) in [5, 5.41) is 21.0. The first-order valence-corrected chi connectivity index (χ1v) is 7.04. The molecule has 0 bridgehead atoms. The van der Waals surface area contributed by atoms with Crippen LogP contribution in [0.2, 0.25) is 0 Å². The SMILES string of the molecule is O=C1CCCCCC[C@H]1[C@H](O)c1ccc([N+](=O)[O-])cc1. The number of hydrogen-bond donors (Lipinski definition) is 1. The summed E-state index contributed by atoms with van der Waals surface area (Å²) in [4.78, 5) is 22.2. The lowest BCUT2D eigenvalue weighted by atomic mass is 9.83. The van der Waals surface area contributed by atoms with E-state index in [1.54, 1.807) is 0 Å². The van der Waals surface area contributed by atoms with Gasteiger partial charge in [-0.3, -0.25) is 14.9 Å². The van der Waals surface area contributed by atoms with E-state index < -0.39 is 11.0 Å². The number of nitrogens with zero attached hydrogens (tertiary/aromatic N) is 1. The Balaban J connectivity index is 2.13. The van der Waals surface area contributed by atoms with Gasteiger partial charge < -0.3 is 5.11 Å². The quantitative estimate of drug-likeness (QED) is 0.679. The number of aliphatic hydroxyl groups is 1. The van der Waals surface area contributed by atoms with Gasteiger partial charge in [0.15, 0.2) is 0 Å². The van der Waals surface area contributed by atoms with Crippen molar-refractivity contribution >= 4 is 11.5 Å². The number of carbonyl (C=O) groups is 1. The van der Waals surface area contributed by atoms with Crippen LogP contribution in [0, 0.1) is 16.0 Å². The number of ketones is 1. The number of nitro benzene ring substituents is 1. The maximum atomic E-state index is 12.1. The molecule has 0 heterocycles.